The first kappa shape index (κ1) is 26.2. The highest BCUT2D eigenvalue weighted by Gasteiger charge is 2.16. The number of anilines is 1. The first-order valence-corrected chi connectivity index (χ1v) is 12.4. The summed E-state index contributed by atoms with van der Waals surface area (Å²) in [6.07, 6.45) is 0. The second-order valence-electron chi connectivity index (χ2n) is 9.10. The lowest BCUT2D eigenvalue weighted by Crippen LogP contribution is -2.28. The molecular formula is C30H37N3O2. The maximum Gasteiger partial charge on any atom is 0.258 e. The van der Waals surface area contributed by atoms with Gasteiger partial charge < -0.3 is 10.2 Å². The number of carbonyl (C=O) groups is 2. The fourth-order valence-electron chi connectivity index (χ4n) is 4.03. The second-order valence-corrected chi connectivity index (χ2v) is 9.10. The Morgan fingerprint density at radius 2 is 1.49 bits per heavy atom. The molecule has 2 amide bonds. The van der Waals surface area contributed by atoms with E-state index in [1.807, 2.05) is 48.5 Å². The monoisotopic (exact) mass is 471 g/mol. The van der Waals surface area contributed by atoms with Gasteiger partial charge in [0.25, 0.3) is 11.8 Å². The molecule has 5 nitrogen and oxygen atoms in total. The third-order valence-corrected chi connectivity index (χ3v) is 6.47. The molecule has 5 heteroatoms. The Labute approximate surface area is 209 Å². The van der Waals surface area contributed by atoms with E-state index < -0.39 is 0 Å². The molecule has 0 saturated heterocycles. The summed E-state index contributed by atoms with van der Waals surface area (Å²) in [5.41, 5.74) is 5.36. The van der Waals surface area contributed by atoms with Crippen LogP contribution < -0.4 is 10.2 Å². The van der Waals surface area contributed by atoms with Crippen LogP contribution in [0, 0.1) is 0 Å². The summed E-state index contributed by atoms with van der Waals surface area (Å²) in [6, 6.07) is 23.1. The van der Waals surface area contributed by atoms with E-state index in [0.29, 0.717) is 29.3 Å². The number of hydrogen-bond acceptors (Lipinski definition) is 3. The molecule has 184 valence electrons. The van der Waals surface area contributed by atoms with Crippen molar-refractivity contribution in [1.82, 2.24) is 10.2 Å². The fraction of sp³-hybridized carbons (Fsp3) is 0.333. The maximum atomic E-state index is 13.0. The van der Waals surface area contributed by atoms with Gasteiger partial charge in [0.15, 0.2) is 0 Å². The van der Waals surface area contributed by atoms with Crippen LogP contribution >= 0.6 is 0 Å². The van der Waals surface area contributed by atoms with Crippen LogP contribution in [0.3, 0.4) is 0 Å². The van der Waals surface area contributed by atoms with E-state index in [1.165, 1.54) is 11.1 Å². The van der Waals surface area contributed by atoms with Crippen LogP contribution in [0.1, 0.15) is 71.0 Å². The van der Waals surface area contributed by atoms with Crippen molar-refractivity contribution in [2.24, 2.45) is 0 Å². The lowest BCUT2D eigenvalue weighted by Gasteiger charge is -2.20. The highest BCUT2D eigenvalue weighted by atomic mass is 16.2. The molecule has 0 aliphatic rings. The van der Waals surface area contributed by atoms with Gasteiger partial charge in [-0.2, -0.15) is 0 Å². The summed E-state index contributed by atoms with van der Waals surface area (Å²) in [5.74, 6) is 0.145. The van der Waals surface area contributed by atoms with Crippen LogP contribution in [-0.4, -0.2) is 36.9 Å². The third-order valence-electron chi connectivity index (χ3n) is 6.47. The molecule has 0 fully saturated rings. The number of nitrogens with zero attached hydrogens (tertiary/aromatic N) is 2. The summed E-state index contributed by atoms with van der Waals surface area (Å²) in [5, 5.41) is 3.05. The first-order chi connectivity index (χ1) is 16.8. The average Bonchev–Trinajstić information content (AvgIpc) is 2.90. The Balaban J connectivity index is 1.69. The van der Waals surface area contributed by atoms with Crippen molar-refractivity contribution in [3.05, 3.63) is 101 Å². The molecule has 0 radical (unpaired) electrons. The molecule has 0 aliphatic heterocycles. The number of carbonyl (C=O) groups excluding carboxylic acids is 2. The molecule has 0 heterocycles. The van der Waals surface area contributed by atoms with E-state index in [9.17, 15) is 9.59 Å². The summed E-state index contributed by atoms with van der Waals surface area (Å²) in [7, 11) is 1.74. The topological polar surface area (TPSA) is 52.7 Å². The van der Waals surface area contributed by atoms with Gasteiger partial charge >= 0.3 is 0 Å². The SMILES string of the molecule is CCN(CC)Cc1ccccc1CNC(=O)c1cccc(N(C)C(=O)c2ccc(C(C)C)cc2)c1. The van der Waals surface area contributed by atoms with Gasteiger partial charge in [-0.15, -0.1) is 0 Å². The molecule has 0 unspecified atom stereocenters. The molecule has 3 aromatic carbocycles. The van der Waals surface area contributed by atoms with E-state index in [4.69, 9.17) is 0 Å². The summed E-state index contributed by atoms with van der Waals surface area (Å²) < 4.78 is 0. The Hall–Kier alpha value is -3.44. The minimum absolute atomic E-state index is 0.108. The van der Waals surface area contributed by atoms with Crippen molar-refractivity contribution < 1.29 is 9.59 Å². The number of benzene rings is 3. The van der Waals surface area contributed by atoms with Gasteiger partial charge in [0.1, 0.15) is 0 Å². The molecule has 0 aromatic heterocycles. The van der Waals surface area contributed by atoms with Gasteiger partial charge in [-0.05, 0) is 66.0 Å². The van der Waals surface area contributed by atoms with E-state index in [-0.39, 0.29) is 11.8 Å². The Kier molecular flexibility index (Phi) is 9.21. The summed E-state index contributed by atoms with van der Waals surface area (Å²) >= 11 is 0. The Bertz CT molecular complexity index is 1130. The van der Waals surface area contributed by atoms with Gasteiger partial charge in [0.2, 0.25) is 0 Å². The maximum absolute atomic E-state index is 13.0. The largest absolute Gasteiger partial charge is 0.348 e. The highest BCUT2D eigenvalue weighted by Crippen LogP contribution is 2.20. The zero-order chi connectivity index (χ0) is 25.4. The number of nitrogens with one attached hydrogen (secondary N) is 1. The molecule has 35 heavy (non-hydrogen) atoms. The number of rotatable bonds is 10. The molecule has 3 aromatic rings. The predicted molar refractivity (Wildman–Crippen MR) is 144 cm³/mol. The molecular weight excluding hydrogens is 434 g/mol. The zero-order valence-electron chi connectivity index (χ0n) is 21.5. The third kappa shape index (κ3) is 6.80. The van der Waals surface area contributed by atoms with Crippen LogP contribution in [0.5, 0.6) is 0 Å². The van der Waals surface area contributed by atoms with E-state index in [2.05, 4.69) is 50.0 Å². The van der Waals surface area contributed by atoms with Gasteiger partial charge in [0, 0.05) is 37.0 Å². The average molecular weight is 472 g/mol. The van der Waals surface area contributed by atoms with Crippen LogP contribution in [0.15, 0.2) is 72.8 Å². The molecule has 0 saturated carbocycles. The molecule has 3 rings (SSSR count). The zero-order valence-corrected chi connectivity index (χ0v) is 21.5. The van der Waals surface area contributed by atoms with Crippen LogP contribution in [0.2, 0.25) is 0 Å². The van der Waals surface area contributed by atoms with Crippen LogP contribution in [0.4, 0.5) is 5.69 Å². The molecule has 0 aliphatic carbocycles. The lowest BCUT2D eigenvalue weighted by molar-refractivity contribution is 0.0948. The van der Waals surface area contributed by atoms with E-state index in [1.54, 1.807) is 24.1 Å². The lowest BCUT2D eigenvalue weighted by atomic mass is 10.0. The first-order valence-electron chi connectivity index (χ1n) is 12.4. The van der Waals surface area contributed by atoms with Crippen molar-refractivity contribution in [3.8, 4) is 0 Å². The summed E-state index contributed by atoms with van der Waals surface area (Å²) in [4.78, 5) is 29.9. The number of hydrogen-bond donors (Lipinski definition) is 1. The van der Waals surface area contributed by atoms with Crippen molar-refractivity contribution in [3.63, 3.8) is 0 Å². The molecule has 0 spiro atoms. The normalized spacial score (nSPS) is 11.1. The fourth-order valence-corrected chi connectivity index (χ4v) is 4.03. The summed E-state index contributed by atoms with van der Waals surface area (Å²) in [6.45, 7) is 11.9. The van der Waals surface area contributed by atoms with Gasteiger partial charge in [-0.25, -0.2) is 0 Å². The van der Waals surface area contributed by atoms with Crippen LogP contribution in [0.25, 0.3) is 0 Å². The van der Waals surface area contributed by atoms with Crippen molar-refractivity contribution >= 4 is 17.5 Å². The smallest absolute Gasteiger partial charge is 0.258 e. The van der Waals surface area contributed by atoms with Crippen molar-refractivity contribution in [1.29, 1.82) is 0 Å². The minimum Gasteiger partial charge on any atom is -0.348 e. The Morgan fingerprint density at radius 1 is 0.829 bits per heavy atom. The molecule has 0 bridgehead atoms. The number of amides is 2. The Morgan fingerprint density at radius 3 is 2.11 bits per heavy atom. The molecule has 0 atom stereocenters. The second kappa shape index (κ2) is 12.3. The quantitative estimate of drug-likeness (QED) is 0.403. The van der Waals surface area contributed by atoms with Crippen LogP contribution in [-0.2, 0) is 13.1 Å². The molecule has 1 N–H and O–H groups in total. The van der Waals surface area contributed by atoms with Crippen molar-refractivity contribution in [2.45, 2.75) is 46.7 Å². The minimum atomic E-state index is -0.161. The van der Waals surface area contributed by atoms with Gasteiger partial charge in [0.05, 0.1) is 0 Å². The van der Waals surface area contributed by atoms with E-state index in [0.717, 1.165) is 25.2 Å². The highest BCUT2D eigenvalue weighted by molar-refractivity contribution is 6.06. The van der Waals surface area contributed by atoms with Crippen molar-refractivity contribution in [2.75, 3.05) is 25.0 Å². The van der Waals surface area contributed by atoms with E-state index >= 15 is 0 Å². The van der Waals surface area contributed by atoms with Gasteiger partial charge in [-0.1, -0.05) is 70.2 Å². The predicted octanol–water partition coefficient (Wildman–Crippen LogP) is 5.86. The standard InChI is InChI=1S/C30H37N3O2/c1-6-33(7-2)21-27-12-9-8-11-26(27)20-31-29(34)25-13-10-14-28(19-25)32(5)30(35)24-17-15-23(16-18-24)22(3)4/h8-19,22H,6-7,20-21H2,1-5H3,(H,31,34). The van der Waals surface area contributed by atoms with Gasteiger partial charge in [-0.3, -0.25) is 14.5 Å².